The molecule has 2 aliphatic rings. The fourth-order valence-corrected chi connectivity index (χ4v) is 5.97. The van der Waals surface area contributed by atoms with Crippen LogP contribution in [0.15, 0.2) is 0 Å². The van der Waals surface area contributed by atoms with E-state index in [2.05, 4.69) is 0 Å². The van der Waals surface area contributed by atoms with E-state index in [0.29, 0.717) is 38.9 Å². The quantitative estimate of drug-likeness (QED) is 0.243. The fraction of sp³-hybridized carbons (Fsp3) is 0.938. The molecule has 8 N–H and O–H groups in total. The second kappa shape index (κ2) is 10.0. The number of nitrogens with zero attached hydrogens (tertiary/aromatic N) is 2. The van der Waals surface area contributed by atoms with Crippen LogP contribution in [0.3, 0.4) is 0 Å². The molecule has 168 valence electrons. The SMILES string of the molecule is C[C@]1(N)CN(S(=O)(=O)N(C(=O)C(N)CN)C2CCOCC2)C[C@@H]1CCCB(O)O. The summed E-state index contributed by atoms with van der Waals surface area (Å²) in [5.74, 6) is -0.893. The van der Waals surface area contributed by atoms with Crippen molar-refractivity contribution in [2.24, 2.45) is 23.1 Å². The van der Waals surface area contributed by atoms with Gasteiger partial charge in [-0.05, 0) is 38.4 Å². The van der Waals surface area contributed by atoms with Gasteiger partial charge in [-0.2, -0.15) is 12.7 Å². The van der Waals surface area contributed by atoms with E-state index in [9.17, 15) is 13.2 Å². The van der Waals surface area contributed by atoms with Crippen LogP contribution in [0, 0.1) is 5.92 Å². The lowest BCUT2D eigenvalue weighted by atomic mass is 9.79. The summed E-state index contributed by atoms with van der Waals surface area (Å²) in [7, 11) is -5.56. The predicted molar refractivity (Wildman–Crippen MR) is 109 cm³/mol. The van der Waals surface area contributed by atoms with Gasteiger partial charge in [0.2, 0.25) is 0 Å². The highest BCUT2D eigenvalue weighted by molar-refractivity contribution is 7.87. The largest absolute Gasteiger partial charge is 0.451 e. The number of hydrogen-bond donors (Lipinski definition) is 5. The Kier molecular flexibility index (Phi) is 8.45. The molecule has 1 amide bonds. The molecule has 3 atom stereocenters. The smallest absolute Gasteiger partial charge is 0.427 e. The third-order valence-electron chi connectivity index (χ3n) is 5.77. The normalized spacial score (nSPS) is 27.7. The van der Waals surface area contributed by atoms with Crippen LogP contribution >= 0.6 is 0 Å². The van der Waals surface area contributed by atoms with E-state index in [-0.39, 0.29) is 31.9 Å². The van der Waals surface area contributed by atoms with Crippen molar-refractivity contribution in [2.45, 2.75) is 56.5 Å². The summed E-state index contributed by atoms with van der Waals surface area (Å²) >= 11 is 0. The van der Waals surface area contributed by atoms with Crippen molar-refractivity contribution in [3.8, 4) is 0 Å². The zero-order valence-corrected chi connectivity index (χ0v) is 17.8. The van der Waals surface area contributed by atoms with Gasteiger partial charge in [-0.1, -0.05) is 6.42 Å². The summed E-state index contributed by atoms with van der Waals surface area (Å²) < 4.78 is 34.4. The summed E-state index contributed by atoms with van der Waals surface area (Å²) in [5.41, 5.74) is 16.9. The lowest BCUT2D eigenvalue weighted by Crippen LogP contribution is -2.58. The molecule has 29 heavy (non-hydrogen) atoms. The Labute approximate surface area is 172 Å². The van der Waals surface area contributed by atoms with Crippen LogP contribution in [0.1, 0.15) is 32.6 Å². The van der Waals surface area contributed by atoms with Gasteiger partial charge >= 0.3 is 17.3 Å². The number of carbonyl (C=O) groups excluding carboxylic acids is 1. The van der Waals surface area contributed by atoms with Gasteiger partial charge < -0.3 is 32.0 Å². The molecule has 2 fully saturated rings. The molecule has 1 unspecified atom stereocenters. The first-order chi connectivity index (χ1) is 13.5. The standard InChI is InChI=1S/C16H34BN5O6S/c1-16(20)11-21(10-12(16)3-2-6-17(24)25)29(26,27)22(15(23)14(19)9-18)13-4-7-28-8-5-13/h12-14,24-25H,2-11,18-20H2,1H3/t12-,14?,16-/m0/s1. The lowest BCUT2D eigenvalue weighted by Gasteiger charge is -2.37. The average molecular weight is 435 g/mol. The van der Waals surface area contributed by atoms with Crippen molar-refractivity contribution in [2.75, 3.05) is 32.8 Å². The first-order valence-corrected chi connectivity index (χ1v) is 11.4. The zero-order valence-electron chi connectivity index (χ0n) is 16.9. The van der Waals surface area contributed by atoms with Gasteiger partial charge in [-0.15, -0.1) is 0 Å². The first-order valence-electron chi connectivity index (χ1n) is 10.0. The molecule has 2 saturated heterocycles. The van der Waals surface area contributed by atoms with E-state index in [4.69, 9.17) is 32.0 Å². The van der Waals surface area contributed by atoms with E-state index in [1.54, 1.807) is 6.92 Å². The van der Waals surface area contributed by atoms with Crippen molar-refractivity contribution < 1.29 is 28.0 Å². The van der Waals surface area contributed by atoms with Crippen LogP contribution in [-0.4, -0.2) is 90.6 Å². The number of nitrogens with two attached hydrogens (primary N) is 3. The summed E-state index contributed by atoms with van der Waals surface area (Å²) in [6.45, 7) is 2.56. The van der Waals surface area contributed by atoms with Crippen LogP contribution in [0.5, 0.6) is 0 Å². The molecule has 0 spiro atoms. The molecular formula is C16H34BN5O6S. The van der Waals surface area contributed by atoms with Gasteiger partial charge in [0, 0.05) is 38.4 Å². The molecule has 0 aromatic heterocycles. The maximum absolute atomic E-state index is 13.5. The van der Waals surface area contributed by atoms with Crippen molar-refractivity contribution in [1.29, 1.82) is 0 Å². The zero-order chi connectivity index (χ0) is 21.8. The number of rotatable bonds is 9. The summed E-state index contributed by atoms with van der Waals surface area (Å²) in [4.78, 5) is 12.9. The Morgan fingerprint density at radius 2 is 2.00 bits per heavy atom. The molecule has 11 nitrogen and oxygen atoms in total. The summed E-state index contributed by atoms with van der Waals surface area (Å²) in [6.07, 6.45) is 2.03. The van der Waals surface area contributed by atoms with E-state index in [1.165, 1.54) is 4.31 Å². The molecule has 0 aliphatic carbocycles. The molecule has 0 aromatic carbocycles. The van der Waals surface area contributed by atoms with Gasteiger partial charge in [0.1, 0.15) is 0 Å². The van der Waals surface area contributed by atoms with E-state index >= 15 is 0 Å². The Balaban J connectivity index is 2.22. The maximum Gasteiger partial charge on any atom is 0.451 e. The highest BCUT2D eigenvalue weighted by atomic mass is 32.2. The monoisotopic (exact) mass is 435 g/mol. The summed E-state index contributed by atoms with van der Waals surface area (Å²) in [6, 6.07) is -1.65. The van der Waals surface area contributed by atoms with Crippen LogP contribution < -0.4 is 17.2 Å². The van der Waals surface area contributed by atoms with E-state index in [0.717, 1.165) is 4.31 Å². The van der Waals surface area contributed by atoms with Gasteiger partial charge in [0.05, 0.1) is 12.1 Å². The average Bonchev–Trinajstić information content (AvgIpc) is 2.97. The first kappa shape index (κ1) is 24.5. The van der Waals surface area contributed by atoms with Gasteiger partial charge in [0.15, 0.2) is 0 Å². The Hall–Kier alpha value is -0.795. The minimum absolute atomic E-state index is 0.0620. The number of amides is 1. The van der Waals surface area contributed by atoms with E-state index < -0.39 is 40.9 Å². The topological polar surface area (TPSA) is 185 Å². The molecule has 2 heterocycles. The fourth-order valence-electron chi connectivity index (χ4n) is 3.96. The summed E-state index contributed by atoms with van der Waals surface area (Å²) in [5, 5.41) is 18.1. The minimum Gasteiger partial charge on any atom is -0.427 e. The molecule has 2 aliphatic heterocycles. The lowest BCUT2D eigenvalue weighted by molar-refractivity contribution is -0.130. The number of ether oxygens (including phenoxy) is 1. The second-order valence-corrected chi connectivity index (χ2v) is 10.0. The molecular weight excluding hydrogens is 401 g/mol. The van der Waals surface area contributed by atoms with Gasteiger partial charge in [-0.3, -0.25) is 4.79 Å². The predicted octanol–water partition coefficient (Wildman–Crippen LogP) is -2.57. The third-order valence-corrected chi connectivity index (χ3v) is 7.68. The van der Waals surface area contributed by atoms with Crippen LogP contribution in [0.25, 0.3) is 0 Å². The minimum atomic E-state index is -4.15. The third kappa shape index (κ3) is 5.88. The van der Waals surface area contributed by atoms with Crippen LogP contribution in [0.2, 0.25) is 6.32 Å². The van der Waals surface area contributed by atoms with Crippen LogP contribution in [-0.2, 0) is 19.7 Å². The molecule has 2 rings (SSSR count). The Bertz CT molecular complexity index is 658. The van der Waals surface area contributed by atoms with Crippen molar-refractivity contribution in [3.63, 3.8) is 0 Å². The van der Waals surface area contributed by atoms with E-state index in [1.807, 2.05) is 0 Å². The maximum atomic E-state index is 13.5. The van der Waals surface area contributed by atoms with Gasteiger partial charge in [0.25, 0.3) is 5.91 Å². The number of carbonyl (C=O) groups is 1. The molecule has 0 saturated carbocycles. The Morgan fingerprint density at radius 1 is 1.38 bits per heavy atom. The molecule has 0 radical (unpaired) electrons. The highest BCUT2D eigenvalue weighted by Gasteiger charge is 2.49. The van der Waals surface area contributed by atoms with Crippen molar-refractivity contribution in [1.82, 2.24) is 8.61 Å². The van der Waals surface area contributed by atoms with Crippen molar-refractivity contribution in [3.05, 3.63) is 0 Å². The van der Waals surface area contributed by atoms with Crippen molar-refractivity contribution >= 4 is 23.2 Å². The highest BCUT2D eigenvalue weighted by Crippen LogP contribution is 2.33. The molecule has 0 bridgehead atoms. The number of hydrogen-bond acceptors (Lipinski definition) is 9. The van der Waals surface area contributed by atoms with Gasteiger partial charge in [-0.25, -0.2) is 4.31 Å². The van der Waals surface area contributed by atoms with Crippen LogP contribution in [0.4, 0.5) is 0 Å². The molecule has 0 aromatic rings. The second-order valence-electron chi connectivity index (χ2n) is 8.23. The Morgan fingerprint density at radius 3 is 2.55 bits per heavy atom. The molecule has 13 heteroatoms.